The maximum Gasteiger partial charge on any atom is 2.00 e. The van der Waals surface area contributed by atoms with Crippen LogP contribution in [0.4, 0.5) is 0 Å². The smallest absolute Gasteiger partial charge is 0.496 e. The number of hydrogen-bond acceptors (Lipinski definition) is 3. The minimum absolute atomic E-state index is 0. The number of hydrogen-bond donors (Lipinski definition) is 0. The van der Waals surface area contributed by atoms with E-state index in [0.717, 1.165) is 5.92 Å². The van der Waals surface area contributed by atoms with Crippen molar-refractivity contribution in [3.63, 3.8) is 0 Å². The van der Waals surface area contributed by atoms with Gasteiger partial charge in [0, 0.05) is 5.92 Å². The Morgan fingerprint density at radius 1 is 0.958 bits per heavy atom. The molecule has 0 spiro atoms. The SMILES string of the molecule is COc1cccc2c1C(=O)/C(=C/[C]1[CH][CH][CH][CH]1)O2.[CH]1[CH][CH][CH][CH]1.[Fe+2]. The summed E-state index contributed by atoms with van der Waals surface area (Å²) in [6, 6.07) is 5.32. The van der Waals surface area contributed by atoms with Crippen molar-refractivity contribution in [2.24, 2.45) is 0 Å². The maximum atomic E-state index is 12.2. The molecule has 120 valence electrons. The van der Waals surface area contributed by atoms with E-state index in [4.69, 9.17) is 9.47 Å². The van der Waals surface area contributed by atoms with Gasteiger partial charge in [-0.1, -0.05) is 6.07 Å². The van der Waals surface area contributed by atoms with Gasteiger partial charge in [0.25, 0.3) is 0 Å². The summed E-state index contributed by atoms with van der Waals surface area (Å²) in [7, 11) is 1.54. The van der Waals surface area contributed by atoms with Crippen molar-refractivity contribution >= 4 is 5.78 Å². The van der Waals surface area contributed by atoms with Crippen molar-refractivity contribution in [2.75, 3.05) is 7.11 Å². The van der Waals surface area contributed by atoms with Gasteiger partial charge in [0.1, 0.15) is 17.1 Å². The number of rotatable bonds is 2. The van der Waals surface area contributed by atoms with Crippen LogP contribution >= 0.6 is 0 Å². The Labute approximate surface area is 155 Å². The second kappa shape index (κ2) is 9.29. The number of ether oxygens (including phenoxy) is 2. The number of fused-ring (bicyclic) bond motifs is 1. The summed E-state index contributed by atoms with van der Waals surface area (Å²) in [6.45, 7) is 0. The van der Waals surface area contributed by atoms with Crippen LogP contribution in [0, 0.1) is 63.7 Å². The van der Waals surface area contributed by atoms with Crippen LogP contribution in [0.5, 0.6) is 11.5 Å². The third kappa shape index (κ3) is 4.43. The van der Waals surface area contributed by atoms with Crippen molar-refractivity contribution in [1.29, 1.82) is 0 Å². The molecular formula is C20H16FeO3+2. The fourth-order valence-electron chi connectivity index (χ4n) is 2.33. The van der Waals surface area contributed by atoms with E-state index in [1.807, 2.05) is 57.8 Å². The molecule has 0 unspecified atom stereocenters. The van der Waals surface area contributed by atoms with Crippen molar-refractivity contribution in [3.8, 4) is 11.5 Å². The molecule has 1 aromatic rings. The molecule has 0 amide bonds. The third-order valence-electron chi connectivity index (χ3n) is 3.42. The van der Waals surface area contributed by atoms with Gasteiger partial charge in [0.2, 0.25) is 5.78 Å². The largest absolute Gasteiger partial charge is 2.00 e. The van der Waals surface area contributed by atoms with Gasteiger partial charge in [-0.25, -0.2) is 0 Å². The first-order chi connectivity index (χ1) is 11.3. The van der Waals surface area contributed by atoms with E-state index in [1.165, 1.54) is 0 Å². The third-order valence-corrected chi connectivity index (χ3v) is 3.42. The van der Waals surface area contributed by atoms with Gasteiger partial charge in [-0.15, -0.1) is 0 Å². The number of allylic oxidation sites excluding steroid dienone is 2. The molecule has 1 heterocycles. The second-order valence-corrected chi connectivity index (χ2v) is 4.95. The number of carbonyl (C=O) groups is 1. The molecule has 3 aliphatic rings. The minimum Gasteiger partial charge on any atom is -0.496 e. The van der Waals surface area contributed by atoms with Crippen molar-refractivity contribution in [1.82, 2.24) is 0 Å². The molecule has 0 bridgehead atoms. The molecule has 0 atom stereocenters. The molecule has 1 aromatic carbocycles. The topological polar surface area (TPSA) is 35.5 Å². The van der Waals surface area contributed by atoms with Gasteiger partial charge >= 0.3 is 17.1 Å². The van der Waals surface area contributed by atoms with E-state index < -0.39 is 0 Å². The molecule has 0 N–H and O–H groups in total. The standard InChI is InChI=1S/C15H11O3.C5H5.Fe/c1-17-11-7-4-8-12-14(11)15(16)13(18-12)9-10-5-2-3-6-10;1-2-4-5-3-1;/h2-9H,1H3;1-5H;/q;;+2/b13-9-;;. The zero-order chi connectivity index (χ0) is 16.1. The average molecular weight is 360 g/mol. The molecule has 24 heavy (non-hydrogen) atoms. The summed E-state index contributed by atoms with van der Waals surface area (Å²) in [5, 5.41) is 0. The Bertz CT molecular complexity index is 577. The molecule has 0 saturated heterocycles. The minimum atomic E-state index is -0.136. The van der Waals surface area contributed by atoms with E-state index in [-0.39, 0.29) is 22.9 Å². The average Bonchev–Trinajstić information content (AvgIpc) is 3.32. The van der Waals surface area contributed by atoms with Crippen LogP contribution in [0.1, 0.15) is 10.4 Å². The van der Waals surface area contributed by atoms with Gasteiger partial charge in [-0.3, -0.25) is 4.79 Å². The second-order valence-electron chi connectivity index (χ2n) is 4.95. The number of benzene rings is 1. The first kappa shape index (κ1) is 19.1. The van der Waals surface area contributed by atoms with Crippen molar-refractivity contribution in [3.05, 3.63) is 99.3 Å². The van der Waals surface area contributed by atoms with Gasteiger partial charge in [0.05, 0.1) is 7.11 Å². The first-order valence-corrected chi connectivity index (χ1v) is 7.29. The van der Waals surface area contributed by atoms with Crippen LogP contribution in [0.15, 0.2) is 30.0 Å². The van der Waals surface area contributed by atoms with E-state index >= 15 is 0 Å². The normalized spacial score (nSPS) is 20.9. The van der Waals surface area contributed by atoms with Crippen molar-refractivity contribution < 1.29 is 31.3 Å². The Kier molecular flexibility index (Phi) is 7.38. The summed E-state index contributed by atoms with van der Waals surface area (Å²) < 4.78 is 10.7. The Morgan fingerprint density at radius 2 is 1.58 bits per heavy atom. The molecule has 2 fully saturated rings. The van der Waals surface area contributed by atoms with E-state index in [0.29, 0.717) is 22.8 Å². The summed E-state index contributed by atoms with van der Waals surface area (Å²) in [4.78, 5) is 12.2. The van der Waals surface area contributed by atoms with Gasteiger partial charge < -0.3 is 9.47 Å². The Morgan fingerprint density at radius 3 is 2.17 bits per heavy atom. The van der Waals surface area contributed by atoms with Gasteiger partial charge in [-0.05, 0) is 76.0 Å². The molecule has 4 heteroatoms. The van der Waals surface area contributed by atoms with E-state index in [2.05, 4.69) is 0 Å². The number of carbonyl (C=O) groups excluding carboxylic acids is 1. The van der Waals surface area contributed by atoms with Gasteiger partial charge in [0.15, 0.2) is 5.76 Å². The zero-order valence-electron chi connectivity index (χ0n) is 13.1. The Balaban J connectivity index is 0.000000300. The number of Topliss-reactive ketones (excluding diaryl/α,β-unsaturated/α-hetero) is 1. The van der Waals surface area contributed by atoms with Crippen LogP contribution in [0.25, 0.3) is 0 Å². The fraction of sp³-hybridized carbons (Fsp3) is 0.0500. The number of methoxy groups -OCH3 is 1. The van der Waals surface area contributed by atoms with Crippen molar-refractivity contribution in [2.45, 2.75) is 0 Å². The summed E-state index contributed by atoms with van der Waals surface area (Å²) in [6.07, 6.45) is 19.4. The summed E-state index contributed by atoms with van der Waals surface area (Å²) >= 11 is 0. The summed E-state index contributed by atoms with van der Waals surface area (Å²) in [5.74, 6) is 2.25. The molecule has 10 radical (unpaired) electrons. The molecule has 2 aliphatic carbocycles. The predicted octanol–water partition coefficient (Wildman–Crippen LogP) is 3.58. The molecule has 4 rings (SSSR count). The van der Waals surface area contributed by atoms with Crippen LogP contribution in [0.2, 0.25) is 0 Å². The molecule has 3 nitrogen and oxygen atoms in total. The molecular weight excluding hydrogens is 344 g/mol. The predicted molar refractivity (Wildman–Crippen MR) is 88.0 cm³/mol. The molecule has 0 aromatic heterocycles. The monoisotopic (exact) mass is 360 g/mol. The number of ketones is 1. The van der Waals surface area contributed by atoms with Crippen LogP contribution < -0.4 is 9.47 Å². The van der Waals surface area contributed by atoms with E-state index in [1.54, 1.807) is 31.4 Å². The quantitative estimate of drug-likeness (QED) is 0.598. The zero-order valence-corrected chi connectivity index (χ0v) is 14.2. The van der Waals surface area contributed by atoms with Gasteiger partial charge in [-0.2, -0.15) is 0 Å². The fourth-order valence-corrected chi connectivity index (χ4v) is 2.33. The maximum absolute atomic E-state index is 12.2. The van der Waals surface area contributed by atoms with Crippen LogP contribution in [-0.4, -0.2) is 12.9 Å². The Hall–Kier alpha value is -1.25. The first-order valence-electron chi connectivity index (χ1n) is 7.29. The molecule has 1 aliphatic heterocycles. The molecule has 2 saturated carbocycles. The van der Waals surface area contributed by atoms with E-state index in [9.17, 15) is 4.79 Å². The van der Waals surface area contributed by atoms with Crippen LogP contribution in [-0.2, 0) is 17.1 Å². The van der Waals surface area contributed by atoms with Crippen LogP contribution in [0.3, 0.4) is 0 Å². The summed E-state index contributed by atoms with van der Waals surface area (Å²) in [5.41, 5.74) is 0.498.